The van der Waals surface area contributed by atoms with Crippen LogP contribution in [0.25, 0.3) is 0 Å². The summed E-state index contributed by atoms with van der Waals surface area (Å²) in [6.07, 6.45) is 0. The van der Waals surface area contributed by atoms with Gasteiger partial charge >= 0.3 is 0 Å². The zero-order chi connectivity index (χ0) is 20.2. The Hall–Kier alpha value is -2.38. The van der Waals surface area contributed by atoms with Gasteiger partial charge in [-0.2, -0.15) is 0 Å². The van der Waals surface area contributed by atoms with E-state index < -0.39 is 16.1 Å². The quantitative estimate of drug-likeness (QED) is 0.677. The number of nitrogens with one attached hydrogen (secondary N) is 3. The molecule has 3 N–H and O–H groups in total. The number of hydrogen-bond donors (Lipinski definition) is 3. The minimum atomic E-state index is -3.54. The van der Waals surface area contributed by atoms with Crippen LogP contribution in [-0.2, 0) is 14.8 Å². The highest BCUT2D eigenvalue weighted by molar-refractivity contribution is 7.89. The summed E-state index contributed by atoms with van der Waals surface area (Å²) in [6, 6.07) is 11.4. The second kappa shape index (κ2) is 8.54. The number of carbonyl (C=O) groups is 1. The minimum Gasteiger partial charge on any atom is -0.374 e. The first-order chi connectivity index (χ1) is 12.6. The molecule has 7 heteroatoms. The van der Waals surface area contributed by atoms with Crippen molar-refractivity contribution in [3.8, 4) is 0 Å². The fourth-order valence-corrected chi connectivity index (χ4v) is 3.74. The van der Waals surface area contributed by atoms with Gasteiger partial charge in [0.05, 0.1) is 4.90 Å². The molecular formula is C20H27N3O3S. The number of benzene rings is 2. The Bertz CT molecular complexity index is 907. The lowest BCUT2D eigenvalue weighted by Crippen LogP contribution is -2.32. The maximum Gasteiger partial charge on any atom is 0.246 e. The van der Waals surface area contributed by atoms with Crippen LogP contribution >= 0.6 is 0 Å². The van der Waals surface area contributed by atoms with Crippen molar-refractivity contribution < 1.29 is 13.2 Å². The first-order valence-electron chi connectivity index (χ1n) is 8.85. The lowest BCUT2D eigenvalue weighted by molar-refractivity contribution is -0.116. The predicted molar refractivity (Wildman–Crippen MR) is 110 cm³/mol. The van der Waals surface area contributed by atoms with Gasteiger partial charge in [0, 0.05) is 17.4 Å². The van der Waals surface area contributed by atoms with Crippen molar-refractivity contribution >= 4 is 27.3 Å². The van der Waals surface area contributed by atoms with Crippen LogP contribution in [0.2, 0.25) is 0 Å². The van der Waals surface area contributed by atoms with E-state index in [2.05, 4.69) is 15.4 Å². The molecule has 0 aliphatic heterocycles. The Balaban J connectivity index is 2.01. The van der Waals surface area contributed by atoms with Crippen LogP contribution in [0, 0.1) is 13.8 Å². The predicted octanol–water partition coefficient (Wildman–Crippen LogP) is 3.43. The van der Waals surface area contributed by atoms with E-state index in [4.69, 9.17) is 0 Å². The Morgan fingerprint density at radius 2 is 1.48 bits per heavy atom. The van der Waals surface area contributed by atoms with Crippen LogP contribution in [0.4, 0.5) is 11.4 Å². The van der Waals surface area contributed by atoms with E-state index in [0.29, 0.717) is 5.69 Å². The summed E-state index contributed by atoms with van der Waals surface area (Å²) < 4.78 is 26.8. The van der Waals surface area contributed by atoms with Crippen LogP contribution in [0.5, 0.6) is 0 Å². The van der Waals surface area contributed by atoms with Crippen LogP contribution in [0.3, 0.4) is 0 Å². The number of hydrogen-bond acceptors (Lipinski definition) is 4. The molecule has 0 spiro atoms. The number of aryl methyl sites for hydroxylation is 2. The van der Waals surface area contributed by atoms with E-state index >= 15 is 0 Å². The Labute approximate surface area is 161 Å². The van der Waals surface area contributed by atoms with Gasteiger partial charge in [0.15, 0.2) is 0 Å². The van der Waals surface area contributed by atoms with Gasteiger partial charge in [0.1, 0.15) is 6.04 Å². The van der Waals surface area contributed by atoms with E-state index in [1.165, 1.54) is 17.7 Å². The Morgan fingerprint density at radius 3 is 2.04 bits per heavy atom. The number of rotatable bonds is 7. The number of sulfonamides is 1. The van der Waals surface area contributed by atoms with Gasteiger partial charge in [-0.05, 0) is 82.1 Å². The lowest BCUT2D eigenvalue weighted by Gasteiger charge is -2.16. The first kappa shape index (κ1) is 20.9. The fraction of sp³-hybridized carbons (Fsp3) is 0.350. The monoisotopic (exact) mass is 389 g/mol. The maximum atomic E-state index is 12.4. The standard InChI is InChI=1S/C20H27N3O3S/c1-13(2)23-27(25,26)19-10-8-17(9-11-19)22-20(24)16(5)21-18-7-6-14(3)15(4)12-18/h6-13,16,21,23H,1-5H3,(H,22,24)/t16-/m0/s1. The van der Waals surface area contributed by atoms with E-state index in [9.17, 15) is 13.2 Å². The summed E-state index contributed by atoms with van der Waals surface area (Å²) in [5.41, 5.74) is 3.76. The molecule has 27 heavy (non-hydrogen) atoms. The third-order valence-corrected chi connectivity index (χ3v) is 5.78. The molecule has 0 radical (unpaired) electrons. The SMILES string of the molecule is Cc1ccc(N[C@@H](C)C(=O)Nc2ccc(S(=O)(=O)NC(C)C)cc2)cc1C. The Morgan fingerprint density at radius 1 is 0.889 bits per heavy atom. The molecule has 0 aliphatic carbocycles. The topological polar surface area (TPSA) is 87.3 Å². The van der Waals surface area contributed by atoms with Gasteiger partial charge in [-0.3, -0.25) is 4.79 Å². The van der Waals surface area contributed by atoms with E-state index in [1.54, 1.807) is 32.9 Å². The number of amides is 1. The maximum absolute atomic E-state index is 12.4. The van der Waals surface area contributed by atoms with Crippen LogP contribution in [-0.4, -0.2) is 26.4 Å². The normalized spacial score (nSPS) is 12.7. The average molecular weight is 390 g/mol. The molecule has 0 heterocycles. The number of carbonyl (C=O) groups excluding carboxylic acids is 1. The second-order valence-electron chi connectivity index (χ2n) is 6.95. The summed E-state index contributed by atoms with van der Waals surface area (Å²) >= 11 is 0. The van der Waals surface area contributed by atoms with Crippen molar-refractivity contribution in [3.63, 3.8) is 0 Å². The summed E-state index contributed by atoms with van der Waals surface area (Å²) in [6.45, 7) is 9.35. The molecule has 2 rings (SSSR count). The minimum absolute atomic E-state index is 0.163. The van der Waals surface area contributed by atoms with Crippen molar-refractivity contribution in [3.05, 3.63) is 53.6 Å². The second-order valence-corrected chi connectivity index (χ2v) is 8.67. The third-order valence-electron chi connectivity index (χ3n) is 4.11. The van der Waals surface area contributed by atoms with Crippen molar-refractivity contribution in [2.45, 2.75) is 51.6 Å². The summed E-state index contributed by atoms with van der Waals surface area (Å²) in [5.74, 6) is -0.204. The smallest absolute Gasteiger partial charge is 0.246 e. The molecule has 1 amide bonds. The Kier molecular flexibility index (Phi) is 6.62. The molecule has 0 unspecified atom stereocenters. The van der Waals surface area contributed by atoms with Gasteiger partial charge in [-0.25, -0.2) is 13.1 Å². The van der Waals surface area contributed by atoms with Gasteiger partial charge in [-0.15, -0.1) is 0 Å². The van der Waals surface area contributed by atoms with E-state index in [1.807, 2.05) is 32.0 Å². The highest BCUT2D eigenvalue weighted by atomic mass is 32.2. The van der Waals surface area contributed by atoms with Crippen molar-refractivity contribution in [1.29, 1.82) is 0 Å². The third kappa shape index (κ3) is 5.80. The summed E-state index contributed by atoms with van der Waals surface area (Å²) in [5, 5.41) is 5.96. The van der Waals surface area contributed by atoms with E-state index in [-0.39, 0.29) is 16.8 Å². The summed E-state index contributed by atoms with van der Waals surface area (Å²) in [4.78, 5) is 12.6. The zero-order valence-corrected chi connectivity index (χ0v) is 17.1. The van der Waals surface area contributed by atoms with Gasteiger partial charge in [-0.1, -0.05) is 6.07 Å². The van der Waals surface area contributed by atoms with Crippen molar-refractivity contribution in [2.24, 2.45) is 0 Å². The van der Waals surface area contributed by atoms with Gasteiger partial charge in [0.2, 0.25) is 15.9 Å². The largest absolute Gasteiger partial charge is 0.374 e. The van der Waals surface area contributed by atoms with Crippen LogP contribution < -0.4 is 15.4 Å². The van der Waals surface area contributed by atoms with E-state index in [0.717, 1.165) is 11.3 Å². The molecule has 0 fully saturated rings. The molecule has 0 saturated carbocycles. The molecule has 0 saturated heterocycles. The molecule has 2 aromatic rings. The molecular weight excluding hydrogens is 362 g/mol. The van der Waals surface area contributed by atoms with Gasteiger partial charge < -0.3 is 10.6 Å². The lowest BCUT2D eigenvalue weighted by atomic mass is 10.1. The molecule has 6 nitrogen and oxygen atoms in total. The highest BCUT2D eigenvalue weighted by Gasteiger charge is 2.16. The zero-order valence-electron chi connectivity index (χ0n) is 16.3. The first-order valence-corrected chi connectivity index (χ1v) is 10.3. The fourth-order valence-electron chi connectivity index (χ4n) is 2.49. The average Bonchev–Trinajstić information content (AvgIpc) is 2.57. The molecule has 0 bridgehead atoms. The molecule has 1 atom stereocenters. The molecule has 2 aromatic carbocycles. The molecule has 146 valence electrons. The van der Waals surface area contributed by atoms with Crippen LogP contribution in [0.1, 0.15) is 31.9 Å². The molecule has 0 aliphatic rings. The van der Waals surface area contributed by atoms with Crippen molar-refractivity contribution in [2.75, 3.05) is 10.6 Å². The summed E-state index contributed by atoms with van der Waals surface area (Å²) in [7, 11) is -3.54. The number of anilines is 2. The molecule has 0 aromatic heterocycles. The van der Waals surface area contributed by atoms with Crippen molar-refractivity contribution in [1.82, 2.24) is 4.72 Å². The van der Waals surface area contributed by atoms with Gasteiger partial charge in [0.25, 0.3) is 0 Å². The van der Waals surface area contributed by atoms with Crippen LogP contribution in [0.15, 0.2) is 47.4 Å². The highest BCUT2D eigenvalue weighted by Crippen LogP contribution is 2.17.